The summed E-state index contributed by atoms with van der Waals surface area (Å²) in [5.74, 6) is -0.949. The van der Waals surface area contributed by atoms with Gasteiger partial charge in [0.15, 0.2) is 5.65 Å². The van der Waals surface area contributed by atoms with Crippen molar-refractivity contribution in [1.82, 2.24) is 29.3 Å². The molecule has 9 heteroatoms. The third-order valence-corrected chi connectivity index (χ3v) is 5.05. The lowest BCUT2D eigenvalue weighted by Crippen LogP contribution is -2.40. The summed E-state index contributed by atoms with van der Waals surface area (Å²) in [6, 6.07) is 3.63. The molecule has 9 nitrogen and oxygen atoms in total. The number of aliphatic carboxylic acids is 1. The number of carboxylic acid groups (broad SMARTS) is 1. The maximum Gasteiger partial charge on any atom is 0.325 e. The van der Waals surface area contributed by atoms with Crippen molar-refractivity contribution in [3.05, 3.63) is 47.7 Å². The Kier molecular flexibility index (Phi) is 4.35. The van der Waals surface area contributed by atoms with E-state index in [9.17, 15) is 9.59 Å². The minimum Gasteiger partial charge on any atom is -0.480 e. The van der Waals surface area contributed by atoms with E-state index >= 15 is 0 Å². The Morgan fingerprint density at radius 2 is 2.07 bits per heavy atom. The Hall–Kier alpha value is -3.23. The van der Waals surface area contributed by atoms with Crippen LogP contribution >= 0.6 is 0 Å². The molecule has 4 rings (SSSR count). The van der Waals surface area contributed by atoms with Gasteiger partial charge in [-0.1, -0.05) is 0 Å². The van der Waals surface area contributed by atoms with Gasteiger partial charge >= 0.3 is 5.97 Å². The van der Waals surface area contributed by atoms with Gasteiger partial charge in [0.1, 0.15) is 6.54 Å². The third kappa shape index (κ3) is 3.16. The monoisotopic (exact) mass is 368 g/mol. The SMILES string of the molecule is Cc1c(C(=O)N2CCC[C@H](c3ccnn3CC(=O)O)C2)cnc2ccnn12. The first kappa shape index (κ1) is 17.2. The number of fused-ring (bicyclic) bond motifs is 1. The van der Waals surface area contributed by atoms with Gasteiger partial charge in [-0.15, -0.1) is 0 Å². The van der Waals surface area contributed by atoms with E-state index in [0.29, 0.717) is 24.3 Å². The van der Waals surface area contributed by atoms with Crippen LogP contribution in [0.3, 0.4) is 0 Å². The minimum atomic E-state index is -0.932. The number of likely N-dealkylation sites (tertiary alicyclic amines) is 1. The number of hydrogen-bond acceptors (Lipinski definition) is 5. The van der Waals surface area contributed by atoms with Crippen LogP contribution in [0.2, 0.25) is 0 Å². The quantitative estimate of drug-likeness (QED) is 0.745. The second kappa shape index (κ2) is 6.82. The molecule has 3 aromatic rings. The number of rotatable bonds is 4. The molecule has 1 saturated heterocycles. The molecule has 1 atom stereocenters. The summed E-state index contributed by atoms with van der Waals surface area (Å²) in [5.41, 5.74) is 2.85. The van der Waals surface area contributed by atoms with Crippen molar-refractivity contribution in [2.45, 2.75) is 32.2 Å². The van der Waals surface area contributed by atoms with E-state index in [1.807, 2.05) is 17.9 Å². The van der Waals surface area contributed by atoms with Crippen LogP contribution in [0.5, 0.6) is 0 Å². The van der Waals surface area contributed by atoms with Crippen molar-refractivity contribution in [3.63, 3.8) is 0 Å². The first-order chi connectivity index (χ1) is 13.0. The van der Waals surface area contributed by atoms with Crippen LogP contribution in [-0.2, 0) is 11.3 Å². The number of carbonyl (C=O) groups excluding carboxylic acids is 1. The van der Waals surface area contributed by atoms with Gasteiger partial charge in [-0.05, 0) is 25.8 Å². The van der Waals surface area contributed by atoms with Gasteiger partial charge in [-0.3, -0.25) is 14.3 Å². The molecule has 0 saturated carbocycles. The van der Waals surface area contributed by atoms with Crippen LogP contribution in [0.15, 0.2) is 30.7 Å². The van der Waals surface area contributed by atoms with Crippen molar-refractivity contribution in [1.29, 1.82) is 0 Å². The Labute approximate surface area is 155 Å². The predicted octanol–water partition coefficient (Wildman–Crippen LogP) is 1.34. The van der Waals surface area contributed by atoms with E-state index < -0.39 is 5.97 Å². The molecular weight excluding hydrogens is 348 g/mol. The summed E-state index contributed by atoms with van der Waals surface area (Å²) in [5, 5.41) is 17.4. The Morgan fingerprint density at radius 3 is 2.89 bits per heavy atom. The van der Waals surface area contributed by atoms with Crippen LogP contribution in [0.25, 0.3) is 5.65 Å². The standard InChI is InChI=1S/C18H20N6O3/c1-12-14(9-19-16-5-7-21-24(12)16)18(27)22-8-2-3-13(10-22)15-4-6-20-23(15)11-17(25)26/h4-7,9,13H,2-3,8,10-11H2,1H3,(H,25,26)/t13-/m0/s1. The van der Waals surface area contributed by atoms with Crippen LogP contribution in [0, 0.1) is 6.92 Å². The molecule has 0 aliphatic carbocycles. The number of carboxylic acids is 1. The maximum atomic E-state index is 13.1. The summed E-state index contributed by atoms with van der Waals surface area (Å²) >= 11 is 0. The molecule has 0 aromatic carbocycles. The Morgan fingerprint density at radius 1 is 1.26 bits per heavy atom. The smallest absolute Gasteiger partial charge is 0.325 e. The molecule has 140 valence electrons. The van der Waals surface area contributed by atoms with Crippen LogP contribution in [-0.4, -0.2) is 59.4 Å². The zero-order valence-corrected chi connectivity index (χ0v) is 14.9. The number of piperidine rings is 1. The highest BCUT2D eigenvalue weighted by Crippen LogP contribution is 2.28. The molecule has 0 unspecified atom stereocenters. The molecule has 3 aromatic heterocycles. The molecule has 4 heterocycles. The van der Waals surface area contributed by atoms with Crippen molar-refractivity contribution in [2.24, 2.45) is 0 Å². The Bertz CT molecular complexity index is 1010. The van der Waals surface area contributed by atoms with Crippen molar-refractivity contribution >= 4 is 17.5 Å². The van der Waals surface area contributed by atoms with Crippen molar-refractivity contribution < 1.29 is 14.7 Å². The van der Waals surface area contributed by atoms with E-state index in [4.69, 9.17) is 5.11 Å². The van der Waals surface area contributed by atoms with Crippen molar-refractivity contribution in [2.75, 3.05) is 13.1 Å². The van der Waals surface area contributed by atoms with E-state index in [2.05, 4.69) is 15.2 Å². The van der Waals surface area contributed by atoms with Crippen LogP contribution in [0.1, 0.15) is 40.5 Å². The highest BCUT2D eigenvalue weighted by atomic mass is 16.4. The van der Waals surface area contributed by atoms with Gasteiger partial charge in [0, 0.05) is 43.2 Å². The molecule has 1 aliphatic rings. The average Bonchev–Trinajstić information content (AvgIpc) is 3.31. The number of nitrogens with zero attached hydrogens (tertiary/aromatic N) is 6. The molecule has 1 amide bonds. The fourth-order valence-corrected chi connectivity index (χ4v) is 3.72. The van der Waals surface area contributed by atoms with E-state index in [-0.39, 0.29) is 18.4 Å². The lowest BCUT2D eigenvalue weighted by atomic mass is 9.94. The lowest BCUT2D eigenvalue weighted by Gasteiger charge is -2.33. The molecular formula is C18H20N6O3. The summed E-state index contributed by atoms with van der Waals surface area (Å²) in [6.45, 7) is 2.88. The lowest BCUT2D eigenvalue weighted by molar-refractivity contribution is -0.137. The highest BCUT2D eigenvalue weighted by molar-refractivity contribution is 5.95. The Balaban J connectivity index is 1.57. The highest BCUT2D eigenvalue weighted by Gasteiger charge is 2.29. The van der Waals surface area contributed by atoms with E-state index in [0.717, 1.165) is 24.2 Å². The number of carbonyl (C=O) groups is 2. The first-order valence-corrected chi connectivity index (χ1v) is 8.86. The second-order valence-electron chi connectivity index (χ2n) is 6.76. The van der Waals surface area contributed by atoms with Crippen molar-refractivity contribution in [3.8, 4) is 0 Å². The molecule has 0 spiro atoms. The van der Waals surface area contributed by atoms with Gasteiger partial charge < -0.3 is 10.0 Å². The molecule has 1 aliphatic heterocycles. The predicted molar refractivity (Wildman–Crippen MR) is 95.5 cm³/mol. The van der Waals surface area contributed by atoms with E-state index in [1.165, 1.54) is 4.68 Å². The maximum absolute atomic E-state index is 13.1. The average molecular weight is 368 g/mol. The fraction of sp³-hybridized carbons (Fsp3) is 0.389. The summed E-state index contributed by atoms with van der Waals surface area (Å²) in [6.07, 6.45) is 6.62. The fourth-order valence-electron chi connectivity index (χ4n) is 3.72. The molecule has 0 radical (unpaired) electrons. The van der Waals surface area contributed by atoms with Gasteiger partial charge in [0.25, 0.3) is 5.91 Å². The summed E-state index contributed by atoms with van der Waals surface area (Å²) in [4.78, 5) is 30.3. The second-order valence-corrected chi connectivity index (χ2v) is 6.76. The summed E-state index contributed by atoms with van der Waals surface area (Å²) < 4.78 is 3.17. The normalized spacial score (nSPS) is 17.4. The van der Waals surface area contributed by atoms with Gasteiger partial charge in [0.2, 0.25) is 0 Å². The van der Waals surface area contributed by atoms with Crippen LogP contribution < -0.4 is 0 Å². The molecule has 1 N–H and O–H groups in total. The largest absolute Gasteiger partial charge is 0.480 e. The minimum absolute atomic E-state index is 0.0613. The van der Waals surface area contributed by atoms with Gasteiger partial charge in [0.05, 0.1) is 17.5 Å². The van der Waals surface area contributed by atoms with E-state index in [1.54, 1.807) is 29.2 Å². The number of aryl methyl sites for hydroxylation is 1. The molecule has 27 heavy (non-hydrogen) atoms. The number of aromatic nitrogens is 5. The van der Waals surface area contributed by atoms with Gasteiger partial charge in [-0.2, -0.15) is 10.2 Å². The summed E-state index contributed by atoms with van der Waals surface area (Å²) in [7, 11) is 0. The zero-order valence-electron chi connectivity index (χ0n) is 14.9. The molecule has 1 fully saturated rings. The first-order valence-electron chi connectivity index (χ1n) is 8.86. The topological polar surface area (TPSA) is 106 Å². The zero-order chi connectivity index (χ0) is 19.0. The van der Waals surface area contributed by atoms with Gasteiger partial charge in [-0.25, -0.2) is 9.50 Å². The number of hydrogen-bond donors (Lipinski definition) is 1. The third-order valence-electron chi connectivity index (χ3n) is 5.05. The van der Waals surface area contributed by atoms with Crippen LogP contribution in [0.4, 0.5) is 0 Å². The number of amides is 1. The molecule has 0 bridgehead atoms.